The van der Waals surface area contributed by atoms with Gasteiger partial charge in [0.2, 0.25) is 0 Å². The first-order valence-electron chi connectivity index (χ1n) is 6.21. The van der Waals surface area contributed by atoms with Crippen molar-refractivity contribution in [3.8, 4) is 0 Å². The molecule has 0 saturated heterocycles. The molecule has 1 N–H and O–H groups in total. The molecule has 2 nitrogen and oxygen atoms in total. The van der Waals surface area contributed by atoms with E-state index >= 15 is 0 Å². The molecule has 15 heavy (non-hydrogen) atoms. The Bertz CT molecular complexity index is 141. The van der Waals surface area contributed by atoms with Crippen LogP contribution >= 0.6 is 0 Å². The fourth-order valence-electron chi connectivity index (χ4n) is 1.71. The maximum absolute atomic E-state index is 9.24. The Morgan fingerprint density at radius 2 is 1.80 bits per heavy atom. The summed E-state index contributed by atoms with van der Waals surface area (Å²) in [7, 11) is 0. The molecule has 2 heteroatoms. The van der Waals surface area contributed by atoms with Crippen molar-refractivity contribution in [2.24, 2.45) is 5.92 Å². The Labute approximate surface area is 95.0 Å². The molecule has 0 rings (SSSR count). The number of aliphatic hydroxyl groups is 1. The number of aliphatic hydroxyl groups excluding tert-OH is 1. The minimum absolute atomic E-state index is 0.0456. The van der Waals surface area contributed by atoms with Gasteiger partial charge in [0.1, 0.15) is 0 Å². The molecule has 0 heterocycles. The predicted octanol–water partition coefficient (Wildman–Crippen LogP) is 3.38. The van der Waals surface area contributed by atoms with Gasteiger partial charge in [0.05, 0.1) is 18.3 Å². The van der Waals surface area contributed by atoms with Crippen LogP contribution in [0.1, 0.15) is 60.3 Å². The van der Waals surface area contributed by atoms with Crippen LogP contribution in [0.2, 0.25) is 0 Å². The number of rotatable bonds is 8. The molecule has 0 saturated carbocycles. The average molecular weight is 216 g/mol. The van der Waals surface area contributed by atoms with Gasteiger partial charge in [-0.25, -0.2) is 0 Å². The van der Waals surface area contributed by atoms with Crippen LogP contribution in [0.5, 0.6) is 0 Å². The zero-order valence-corrected chi connectivity index (χ0v) is 11.0. The van der Waals surface area contributed by atoms with Crippen molar-refractivity contribution in [2.75, 3.05) is 6.61 Å². The van der Waals surface area contributed by atoms with Crippen LogP contribution in [0.25, 0.3) is 0 Å². The Morgan fingerprint density at radius 3 is 2.20 bits per heavy atom. The minimum atomic E-state index is -0.361. The van der Waals surface area contributed by atoms with E-state index in [9.17, 15) is 5.11 Å². The summed E-state index contributed by atoms with van der Waals surface area (Å²) in [5.74, 6) is 0.719. The van der Waals surface area contributed by atoms with Crippen molar-refractivity contribution in [1.82, 2.24) is 0 Å². The molecule has 0 aliphatic rings. The van der Waals surface area contributed by atoms with Gasteiger partial charge in [-0.05, 0) is 39.0 Å². The third kappa shape index (κ3) is 7.80. The Kier molecular flexibility index (Phi) is 7.20. The molecule has 0 bridgehead atoms. The molecule has 2 unspecified atom stereocenters. The summed E-state index contributed by atoms with van der Waals surface area (Å²) in [6.07, 6.45) is 4.13. The van der Waals surface area contributed by atoms with Crippen LogP contribution in [0.15, 0.2) is 0 Å². The Balaban J connectivity index is 4.05. The van der Waals surface area contributed by atoms with Crippen molar-refractivity contribution in [1.29, 1.82) is 0 Å². The van der Waals surface area contributed by atoms with Gasteiger partial charge in [-0.15, -0.1) is 0 Å². The van der Waals surface area contributed by atoms with Gasteiger partial charge >= 0.3 is 0 Å². The van der Waals surface area contributed by atoms with Crippen LogP contribution in [-0.4, -0.2) is 23.4 Å². The van der Waals surface area contributed by atoms with Crippen LogP contribution in [0, 0.1) is 5.92 Å². The average Bonchev–Trinajstić information content (AvgIpc) is 2.13. The largest absolute Gasteiger partial charge is 0.391 e. The predicted molar refractivity (Wildman–Crippen MR) is 65.0 cm³/mol. The van der Waals surface area contributed by atoms with E-state index in [0.717, 1.165) is 25.2 Å². The molecular weight excluding hydrogens is 188 g/mol. The standard InChI is InChI=1S/C13H28O2/c1-6-8-13(5,9-7-11(2)3)15-10-12(4)14/h11-12,14H,6-10H2,1-5H3. The first kappa shape index (κ1) is 14.9. The summed E-state index contributed by atoms with van der Waals surface area (Å²) in [6.45, 7) is 11.0. The fourth-order valence-corrected chi connectivity index (χ4v) is 1.71. The zero-order valence-electron chi connectivity index (χ0n) is 11.0. The highest BCUT2D eigenvalue weighted by Gasteiger charge is 2.24. The summed E-state index contributed by atoms with van der Waals surface area (Å²) in [4.78, 5) is 0. The van der Waals surface area contributed by atoms with Gasteiger partial charge in [0.25, 0.3) is 0 Å². The van der Waals surface area contributed by atoms with Crippen molar-refractivity contribution in [3.05, 3.63) is 0 Å². The quantitative estimate of drug-likeness (QED) is 0.674. The molecule has 0 spiro atoms. The van der Waals surface area contributed by atoms with Crippen LogP contribution in [0.3, 0.4) is 0 Å². The summed E-state index contributed by atoms with van der Waals surface area (Å²) in [6, 6.07) is 0. The van der Waals surface area contributed by atoms with E-state index in [-0.39, 0.29) is 11.7 Å². The summed E-state index contributed by atoms with van der Waals surface area (Å²) >= 11 is 0. The number of hydrogen-bond donors (Lipinski definition) is 1. The summed E-state index contributed by atoms with van der Waals surface area (Å²) < 4.78 is 5.83. The van der Waals surface area contributed by atoms with E-state index in [1.165, 1.54) is 6.42 Å². The van der Waals surface area contributed by atoms with Gasteiger partial charge in [-0.3, -0.25) is 0 Å². The van der Waals surface area contributed by atoms with Gasteiger partial charge in [-0.1, -0.05) is 27.2 Å². The SMILES string of the molecule is CCCC(C)(CCC(C)C)OCC(C)O. The smallest absolute Gasteiger partial charge is 0.0745 e. The van der Waals surface area contributed by atoms with Crippen molar-refractivity contribution in [2.45, 2.75) is 72.0 Å². The van der Waals surface area contributed by atoms with Crippen LogP contribution < -0.4 is 0 Å². The highest BCUT2D eigenvalue weighted by atomic mass is 16.5. The lowest BCUT2D eigenvalue weighted by atomic mass is 9.91. The van der Waals surface area contributed by atoms with E-state index in [2.05, 4.69) is 27.7 Å². The van der Waals surface area contributed by atoms with Crippen LogP contribution in [0.4, 0.5) is 0 Å². The van der Waals surface area contributed by atoms with E-state index in [4.69, 9.17) is 4.74 Å². The zero-order chi connectivity index (χ0) is 11.9. The molecule has 0 fully saturated rings. The maximum Gasteiger partial charge on any atom is 0.0745 e. The molecule has 2 atom stereocenters. The van der Waals surface area contributed by atoms with Gasteiger partial charge in [-0.2, -0.15) is 0 Å². The Hall–Kier alpha value is -0.0800. The molecule has 0 aromatic heterocycles. The first-order valence-corrected chi connectivity index (χ1v) is 6.21. The van der Waals surface area contributed by atoms with E-state index < -0.39 is 0 Å². The van der Waals surface area contributed by atoms with Gasteiger partial charge in [0.15, 0.2) is 0 Å². The lowest BCUT2D eigenvalue weighted by molar-refractivity contribution is -0.0771. The monoisotopic (exact) mass is 216 g/mol. The molecule has 0 aromatic rings. The van der Waals surface area contributed by atoms with E-state index in [0.29, 0.717) is 6.61 Å². The second kappa shape index (κ2) is 7.24. The van der Waals surface area contributed by atoms with Crippen molar-refractivity contribution in [3.63, 3.8) is 0 Å². The highest BCUT2D eigenvalue weighted by Crippen LogP contribution is 2.26. The maximum atomic E-state index is 9.24. The molecule has 92 valence electrons. The lowest BCUT2D eigenvalue weighted by Gasteiger charge is -2.31. The van der Waals surface area contributed by atoms with E-state index in [1.54, 1.807) is 6.92 Å². The van der Waals surface area contributed by atoms with Gasteiger partial charge in [0, 0.05) is 0 Å². The first-order chi connectivity index (χ1) is 6.89. The molecule has 0 radical (unpaired) electrons. The molecular formula is C13H28O2. The second-order valence-electron chi connectivity index (χ2n) is 5.29. The summed E-state index contributed by atoms with van der Waals surface area (Å²) in [5, 5.41) is 9.24. The number of hydrogen-bond acceptors (Lipinski definition) is 2. The molecule has 0 aliphatic heterocycles. The normalized spacial score (nSPS) is 17.8. The molecule has 0 aliphatic carbocycles. The van der Waals surface area contributed by atoms with Crippen molar-refractivity contribution >= 4 is 0 Å². The molecule has 0 aromatic carbocycles. The van der Waals surface area contributed by atoms with Crippen LogP contribution in [-0.2, 0) is 4.74 Å². The number of ether oxygens (including phenoxy) is 1. The summed E-state index contributed by atoms with van der Waals surface area (Å²) in [5.41, 5.74) is -0.0456. The van der Waals surface area contributed by atoms with Crippen molar-refractivity contribution < 1.29 is 9.84 Å². The minimum Gasteiger partial charge on any atom is -0.391 e. The Morgan fingerprint density at radius 1 is 1.20 bits per heavy atom. The fraction of sp³-hybridized carbons (Fsp3) is 1.00. The lowest BCUT2D eigenvalue weighted by Crippen LogP contribution is -2.32. The highest BCUT2D eigenvalue weighted by molar-refractivity contribution is 4.75. The van der Waals surface area contributed by atoms with Gasteiger partial charge < -0.3 is 9.84 Å². The molecule has 0 amide bonds. The topological polar surface area (TPSA) is 29.5 Å². The third-order valence-electron chi connectivity index (χ3n) is 2.70. The third-order valence-corrected chi connectivity index (χ3v) is 2.70. The van der Waals surface area contributed by atoms with E-state index in [1.807, 2.05) is 0 Å². The second-order valence-corrected chi connectivity index (χ2v) is 5.29.